The molecule has 0 bridgehead atoms. The molecular formula is C20H14ClN3OS2. The van der Waals surface area contributed by atoms with Gasteiger partial charge >= 0.3 is 0 Å². The van der Waals surface area contributed by atoms with Crippen molar-refractivity contribution >= 4 is 56.6 Å². The minimum atomic E-state index is -0.281. The van der Waals surface area contributed by atoms with E-state index in [0.29, 0.717) is 16.4 Å². The third kappa shape index (κ3) is 3.83. The molecule has 1 amide bonds. The molecule has 7 heteroatoms. The number of fused-ring (bicyclic) bond motifs is 1. The van der Waals surface area contributed by atoms with Crippen molar-refractivity contribution < 1.29 is 4.79 Å². The van der Waals surface area contributed by atoms with E-state index < -0.39 is 0 Å². The first-order chi connectivity index (χ1) is 13.1. The number of hydrogen-bond acceptors (Lipinski definition) is 5. The molecule has 4 rings (SSSR count). The largest absolute Gasteiger partial charge is 0.307 e. The maximum atomic E-state index is 12.5. The summed E-state index contributed by atoms with van der Waals surface area (Å²) in [5.41, 5.74) is 2.32. The maximum Gasteiger partial charge on any atom is 0.258 e. The van der Waals surface area contributed by atoms with Crippen LogP contribution in [0.15, 0.2) is 65.7 Å². The number of benzene rings is 2. The highest BCUT2D eigenvalue weighted by Gasteiger charge is 2.13. The van der Waals surface area contributed by atoms with Crippen molar-refractivity contribution in [3.63, 3.8) is 0 Å². The van der Waals surface area contributed by atoms with E-state index >= 15 is 0 Å². The Bertz CT molecular complexity index is 1090. The van der Waals surface area contributed by atoms with Gasteiger partial charge in [0.05, 0.1) is 20.8 Å². The zero-order valence-electron chi connectivity index (χ0n) is 14.3. The van der Waals surface area contributed by atoms with E-state index in [9.17, 15) is 4.79 Å². The summed E-state index contributed by atoms with van der Waals surface area (Å²) in [5, 5.41) is 4.11. The highest BCUT2D eigenvalue weighted by molar-refractivity contribution is 7.98. The van der Waals surface area contributed by atoms with E-state index in [4.69, 9.17) is 11.6 Å². The maximum absolute atomic E-state index is 12.5. The summed E-state index contributed by atoms with van der Waals surface area (Å²) in [7, 11) is 0. The fourth-order valence-electron chi connectivity index (χ4n) is 2.58. The summed E-state index contributed by atoms with van der Waals surface area (Å²) >= 11 is 9.33. The topological polar surface area (TPSA) is 54.9 Å². The number of rotatable bonds is 4. The van der Waals surface area contributed by atoms with Gasteiger partial charge in [-0.25, -0.2) is 9.97 Å². The van der Waals surface area contributed by atoms with Gasteiger partial charge in [-0.2, -0.15) is 0 Å². The molecular weight excluding hydrogens is 398 g/mol. The molecule has 0 atom stereocenters. The number of amides is 1. The molecule has 0 unspecified atom stereocenters. The van der Waals surface area contributed by atoms with Gasteiger partial charge in [0.1, 0.15) is 10.8 Å². The molecule has 0 aliphatic carbocycles. The van der Waals surface area contributed by atoms with Gasteiger partial charge in [0, 0.05) is 16.7 Å². The quantitative estimate of drug-likeness (QED) is 0.419. The molecule has 2 aromatic heterocycles. The summed E-state index contributed by atoms with van der Waals surface area (Å²) in [4.78, 5) is 22.5. The molecule has 0 radical (unpaired) electrons. The second-order valence-corrected chi connectivity index (χ2v) is 8.04. The minimum absolute atomic E-state index is 0.281. The van der Waals surface area contributed by atoms with Crippen molar-refractivity contribution in [3.8, 4) is 10.6 Å². The van der Waals surface area contributed by atoms with Gasteiger partial charge < -0.3 is 5.32 Å². The van der Waals surface area contributed by atoms with Crippen molar-refractivity contribution in [2.75, 3.05) is 11.6 Å². The Kier molecular flexibility index (Phi) is 5.11. The highest BCUT2D eigenvalue weighted by Crippen LogP contribution is 2.30. The molecule has 2 aromatic carbocycles. The Morgan fingerprint density at radius 3 is 2.74 bits per heavy atom. The fraction of sp³-hybridized carbons (Fsp3) is 0.0500. The van der Waals surface area contributed by atoms with Crippen LogP contribution in [0.1, 0.15) is 10.4 Å². The number of pyridine rings is 1. The van der Waals surface area contributed by atoms with Crippen LogP contribution in [0.4, 0.5) is 5.82 Å². The lowest BCUT2D eigenvalue weighted by Crippen LogP contribution is -2.13. The number of thioether (sulfide) groups is 1. The Balaban J connectivity index is 1.55. The van der Waals surface area contributed by atoms with Crippen molar-refractivity contribution in [2.45, 2.75) is 4.90 Å². The molecule has 0 saturated carbocycles. The molecule has 4 aromatic rings. The number of carbonyl (C=O) groups is 1. The summed E-state index contributed by atoms with van der Waals surface area (Å²) < 4.78 is 1.13. The monoisotopic (exact) mass is 411 g/mol. The van der Waals surface area contributed by atoms with E-state index in [1.165, 1.54) is 0 Å². The smallest absolute Gasteiger partial charge is 0.258 e. The number of para-hydroxylation sites is 1. The van der Waals surface area contributed by atoms with Crippen LogP contribution in [0, 0.1) is 0 Å². The van der Waals surface area contributed by atoms with E-state index in [1.807, 2.05) is 42.7 Å². The number of nitrogens with one attached hydrogen (secondary N) is 1. The van der Waals surface area contributed by atoms with Crippen molar-refractivity contribution in [3.05, 3.63) is 71.4 Å². The lowest BCUT2D eigenvalue weighted by atomic mass is 10.2. The Labute approximate surface area is 169 Å². The lowest BCUT2D eigenvalue weighted by molar-refractivity contribution is 0.102. The summed E-state index contributed by atoms with van der Waals surface area (Å²) in [6.45, 7) is 0. The summed E-state index contributed by atoms with van der Waals surface area (Å²) in [6, 6.07) is 17.1. The first kappa shape index (κ1) is 18.0. The van der Waals surface area contributed by atoms with Crippen molar-refractivity contribution in [1.82, 2.24) is 9.97 Å². The zero-order chi connectivity index (χ0) is 18.8. The third-order valence-corrected chi connectivity index (χ3v) is 6.10. The number of anilines is 1. The van der Waals surface area contributed by atoms with Crippen LogP contribution in [-0.4, -0.2) is 22.1 Å². The fourth-order valence-corrected chi connectivity index (χ4v) is 4.18. The first-order valence-corrected chi connectivity index (χ1v) is 10.5. The van der Waals surface area contributed by atoms with Gasteiger partial charge in [0.25, 0.3) is 5.91 Å². The van der Waals surface area contributed by atoms with Crippen LogP contribution in [0.3, 0.4) is 0 Å². The average molecular weight is 412 g/mol. The average Bonchev–Trinajstić information content (AvgIpc) is 3.13. The SMILES string of the molecule is CSc1ccc(Cl)c(C(=O)Nc2ccc(-c3nc4ccccc4s3)cn2)c1. The molecule has 0 saturated heterocycles. The van der Waals surface area contributed by atoms with Crippen molar-refractivity contribution in [2.24, 2.45) is 0 Å². The van der Waals surface area contributed by atoms with Gasteiger partial charge in [-0.1, -0.05) is 23.7 Å². The second-order valence-electron chi connectivity index (χ2n) is 5.72. The highest BCUT2D eigenvalue weighted by atomic mass is 35.5. The van der Waals surface area contributed by atoms with Crippen LogP contribution in [0.25, 0.3) is 20.8 Å². The number of nitrogens with zero attached hydrogens (tertiary/aromatic N) is 2. The van der Waals surface area contributed by atoms with Crippen LogP contribution < -0.4 is 5.32 Å². The minimum Gasteiger partial charge on any atom is -0.307 e. The Morgan fingerprint density at radius 1 is 1.15 bits per heavy atom. The second kappa shape index (κ2) is 7.68. The third-order valence-electron chi connectivity index (χ3n) is 3.96. The zero-order valence-corrected chi connectivity index (χ0v) is 16.7. The predicted molar refractivity (Wildman–Crippen MR) is 114 cm³/mol. The van der Waals surface area contributed by atoms with Crippen LogP contribution in [0.5, 0.6) is 0 Å². The number of hydrogen-bond donors (Lipinski definition) is 1. The molecule has 0 aliphatic heterocycles. The van der Waals surface area contributed by atoms with E-state index in [2.05, 4.69) is 15.3 Å². The van der Waals surface area contributed by atoms with Gasteiger partial charge in [-0.05, 0) is 48.7 Å². The van der Waals surface area contributed by atoms with Crippen LogP contribution in [0.2, 0.25) is 5.02 Å². The Hall–Kier alpha value is -2.41. The van der Waals surface area contributed by atoms with Crippen LogP contribution >= 0.6 is 34.7 Å². The summed E-state index contributed by atoms with van der Waals surface area (Å²) in [5.74, 6) is 0.187. The van der Waals surface area contributed by atoms with Crippen LogP contribution in [-0.2, 0) is 0 Å². The molecule has 27 heavy (non-hydrogen) atoms. The molecule has 134 valence electrons. The first-order valence-electron chi connectivity index (χ1n) is 8.11. The van der Waals surface area contributed by atoms with Crippen molar-refractivity contribution in [1.29, 1.82) is 0 Å². The normalized spacial score (nSPS) is 10.9. The van der Waals surface area contributed by atoms with E-state index in [-0.39, 0.29) is 5.91 Å². The number of aromatic nitrogens is 2. The lowest BCUT2D eigenvalue weighted by Gasteiger charge is -2.08. The van der Waals surface area contributed by atoms with Gasteiger partial charge in [-0.15, -0.1) is 23.1 Å². The molecule has 1 N–H and O–H groups in total. The molecule has 2 heterocycles. The molecule has 0 aliphatic rings. The van der Waals surface area contributed by atoms with E-state index in [1.54, 1.807) is 47.5 Å². The Morgan fingerprint density at radius 2 is 2.00 bits per heavy atom. The molecule has 4 nitrogen and oxygen atoms in total. The molecule has 0 fully saturated rings. The van der Waals surface area contributed by atoms with E-state index in [0.717, 1.165) is 25.7 Å². The van der Waals surface area contributed by atoms with Gasteiger partial charge in [0.2, 0.25) is 0 Å². The predicted octanol–water partition coefficient (Wildman–Crippen LogP) is 5.99. The van der Waals surface area contributed by atoms with Gasteiger partial charge in [0.15, 0.2) is 0 Å². The number of thiazole rings is 1. The number of carbonyl (C=O) groups excluding carboxylic acids is 1. The van der Waals surface area contributed by atoms with Gasteiger partial charge in [-0.3, -0.25) is 4.79 Å². The number of halogens is 1. The molecule has 0 spiro atoms. The summed E-state index contributed by atoms with van der Waals surface area (Å²) in [6.07, 6.45) is 3.67. The standard InChI is InChI=1S/C20H14ClN3OS2/c1-26-13-7-8-15(21)14(10-13)19(25)24-18-9-6-12(11-22-18)20-23-16-4-2-3-5-17(16)27-20/h2-11H,1H3,(H,22,24,25).